The van der Waals surface area contributed by atoms with Gasteiger partial charge in [0.05, 0.1) is 6.61 Å². The fraction of sp³-hybridized carbons (Fsp3) is 0.500. The van der Waals surface area contributed by atoms with E-state index in [-0.39, 0.29) is 18.3 Å². The van der Waals surface area contributed by atoms with E-state index in [0.29, 0.717) is 12.4 Å². The molecule has 0 aliphatic carbocycles. The molecular weight excluding hydrogens is 195 g/mol. The summed E-state index contributed by atoms with van der Waals surface area (Å²) in [4.78, 5) is 0. The van der Waals surface area contributed by atoms with Crippen molar-refractivity contribution in [3.8, 4) is 5.75 Å². The number of rotatable bonds is 6. The fourth-order valence-electron chi connectivity index (χ4n) is 1.41. The first-order valence-corrected chi connectivity index (χ1v) is 5.25. The Bertz CT molecular complexity index is 289. The van der Waals surface area contributed by atoms with E-state index < -0.39 is 0 Å². The molecule has 0 radical (unpaired) electrons. The zero-order chi connectivity index (χ0) is 11.1. The number of hydrogen-bond acceptors (Lipinski definition) is 2. The Kier molecular flexibility index (Phi) is 5.12. The molecule has 0 aromatic heterocycles. The van der Waals surface area contributed by atoms with Gasteiger partial charge < -0.3 is 9.84 Å². The fourth-order valence-corrected chi connectivity index (χ4v) is 1.41. The van der Waals surface area contributed by atoms with Crippen LogP contribution in [0.25, 0.3) is 0 Å². The van der Waals surface area contributed by atoms with E-state index in [1.165, 1.54) is 12.1 Å². The zero-order valence-electron chi connectivity index (χ0n) is 8.95. The molecule has 0 aliphatic heterocycles. The van der Waals surface area contributed by atoms with Gasteiger partial charge in [-0.25, -0.2) is 4.39 Å². The molecule has 0 amide bonds. The number of aliphatic hydroxyl groups is 1. The molecule has 0 fully saturated rings. The molecule has 1 aromatic rings. The van der Waals surface area contributed by atoms with Gasteiger partial charge in [0, 0.05) is 18.6 Å². The number of halogens is 1. The van der Waals surface area contributed by atoms with E-state index in [9.17, 15) is 4.39 Å². The molecule has 15 heavy (non-hydrogen) atoms. The zero-order valence-corrected chi connectivity index (χ0v) is 8.95. The highest BCUT2D eigenvalue weighted by molar-refractivity contribution is 5.22. The average Bonchev–Trinajstić information content (AvgIpc) is 2.24. The SMILES string of the molecule is CCCC(CO)COc1cccc(F)c1. The second kappa shape index (κ2) is 6.40. The molecule has 2 nitrogen and oxygen atoms in total. The van der Waals surface area contributed by atoms with Crippen LogP contribution in [0.3, 0.4) is 0 Å². The summed E-state index contributed by atoms with van der Waals surface area (Å²) >= 11 is 0. The Hall–Kier alpha value is -1.09. The maximum absolute atomic E-state index is 12.8. The molecule has 0 saturated carbocycles. The van der Waals surface area contributed by atoms with Gasteiger partial charge in [-0.3, -0.25) is 0 Å². The predicted molar refractivity (Wildman–Crippen MR) is 57.4 cm³/mol. The van der Waals surface area contributed by atoms with Gasteiger partial charge in [0.2, 0.25) is 0 Å². The van der Waals surface area contributed by atoms with Crippen LogP contribution in [0.4, 0.5) is 4.39 Å². The third-order valence-corrected chi connectivity index (χ3v) is 2.24. The van der Waals surface area contributed by atoms with Crippen LogP contribution in [0.15, 0.2) is 24.3 Å². The standard InChI is InChI=1S/C12H17FO2/c1-2-4-10(8-14)9-15-12-6-3-5-11(13)7-12/h3,5-7,10,14H,2,4,8-9H2,1H3. The summed E-state index contributed by atoms with van der Waals surface area (Å²) in [5.41, 5.74) is 0. The molecule has 1 atom stereocenters. The minimum absolute atomic E-state index is 0.114. The lowest BCUT2D eigenvalue weighted by Crippen LogP contribution is -2.15. The van der Waals surface area contributed by atoms with E-state index in [1.807, 2.05) is 0 Å². The summed E-state index contributed by atoms with van der Waals surface area (Å²) in [6, 6.07) is 6.05. The van der Waals surface area contributed by atoms with Gasteiger partial charge >= 0.3 is 0 Å². The van der Waals surface area contributed by atoms with Crippen molar-refractivity contribution in [1.29, 1.82) is 0 Å². The Balaban J connectivity index is 2.41. The number of benzene rings is 1. The summed E-state index contributed by atoms with van der Waals surface area (Å²) in [7, 11) is 0. The molecule has 0 heterocycles. The molecule has 3 heteroatoms. The van der Waals surface area contributed by atoms with Crippen LogP contribution < -0.4 is 4.74 Å². The lowest BCUT2D eigenvalue weighted by atomic mass is 10.1. The third kappa shape index (κ3) is 4.30. The highest BCUT2D eigenvalue weighted by Gasteiger charge is 2.07. The summed E-state index contributed by atoms with van der Waals surface area (Å²) in [6.07, 6.45) is 1.93. The Morgan fingerprint density at radius 1 is 1.47 bits per heavy atom. The van der Waals surface area contributed by atoms with E-state index in [4.69, 9.17) is 9.84 Å². The van der Waals surface area contributed by atoms with Crippen molar-refractivity contribution >= 4 is 0 Å². The third-order valence-electron chi connectivity index (χ3n) is 2.24. The molecule has 1 rings (SSSR count). The van der Waals surface area contributed by atoms with Crippen LogP contribution in [0.5, 0.6) is 5.75 Å². The van der Waals surface area contributed by atoms with Crippen molar-refractivity contribution in [2.75, 3.05) is 13.2 Å². The first-order chi connectivity index (χ1) is 7.26. The van der Waals surface area contributed by atoms with Crippen molar-refractivity contribution in [3.05, 3.63) is 30.1 Å². The smallest absolute Gasteiger partial charge is 0.126 e. The normalized spacial score (nSPS) is 12.5. The van der Waals surface area contributed by atoms with Gasteiger partial charge in [0.1, 0.15) is 11.6 Å². The number of hydrogen-bond donors (Lipinski definition) is 1. The highest BCUT2D eigenvalue weighted by Crippen LogP contribution is 2.14. The molecule has 0 aliphatic rings. The van der Waals surface area contributed by atoms with Gasteiger partial charge in [-0.15, -0.1) is 0 Å². The molecule has 84 valence electrons. The maximum Gasteiger partial charge on any atom is 0.126 e. The topological polar surface area (TPSA) is 29.5 Å². The van der Waals surface area contributed by atoms with Crippen LogP contribution in [0, 0.1) is 11.7 Å². The average molecular weight is 212 g/mol. The van der Waals surface area contributed by atoms with Crippen molar-refractivity contribution in [1.82, 2.24) is 0 Å². The van der Waals surface area contributed by atoms with Crippen molar-refractivity contribution < 1.29 is 14.2 Å². The van der Waals surface area contributed by atoms with Crippen LogP contribution in [0.1, 0.15) is 19.8 Å². The minimum atomic E-state index is -0.302. The summed E-state index contributed by atoms with van der Waals surface area (Å²) in [6.45, 7) is 2.61. The van der Waals surface area contributed by atoms with Gasteiger partial charge in [0.15, 0.2) is 0 Å². The van der Waals surface area contributed by atoms with Gasteiger partial charge in [-0.2, -0.15) is 0 Å². The Labute approximate surface area is 89.7 Å². The molecule has 1 unspecified atom stereocenters. The van der Waals surface area contributed by atoms with Crippen LogP contribution in [0.2, 0.25) is 0 Å². The predicted octanol–water partition coefficient (Wildman–Crippen LogP) is 2.61. The number of ether oxygens (including phenoxy) is 1. The molecule has 0 saturated heterocycles. The van der Waals surface area contributed by atoms with Crippen LogP contribution in [-0.4, -0.2) is 18.3 Å². The molecule has 1 N–H and O–H groups in total. The van der Waals surface area contributed by atoms with Gasteiger partial charge in [0.25, 0.3) is 0 Å². The van der Waals surface area contributed by atoms with E-state index >= 15 is 0 Å². The van der Waals surface area contributed by atoms with Crippen molar-refractivity contribution in [3.63, 3.8) is 0 Å². The highest BCUT2D eigenvalue weighted by atomic mass is 19.1. The molecule has 0 spiro atoms. The summed E-state index contributed by atoms with van der Waals surface area (Å²) in [5, 5.41) is 9.04. The van der Waals surface area contributed by atoms with E-state index in [2.05, 4.69) is 6.92 Å². The van der Waals surface area contributed by atoms with Crippen molar-refractivity contribution in [2.24, 2.45) is 5.92 Å². The molecule has 1 aromatic carbocycles. The molecular formula is C12H17FO2. The quantitative estimate of drug-likeness (QED) is 0.785. The minimum Gasteiger partial charge on any atom is -0.493 e. The lowest BCUT2D eigenvalue weighted by Gasteiger charge is -2.14. The second-order valence-corrected chi connectivity index (χ2v) is 3.61. The largest absolute Gasteiger partial charge is 0.493 e. The van der Waals surface area contributed by atoms with Crippen LogP contribution in [-0.2, 0) is 0 Å². The first-order valence-electron chi connectivity index (χ1n) is 5.25. The lowest BCUT2D eigenvalue weighted by molar-refractivity contribution is 0.155. The van der Waals surface area contributed by atoms with Gasteiger partial charge in [-0.1, -0.05) is 19.4 Å². The van der Waals surface area contributed by atoms with E-state index in [0.717, 1.165) is 12.8 Å². The monoisotopic (exact) mass is 212 g/mol. The van der Waals surface area contributed by atoms with Crippen LogP contribution >= 0.6 is 0 Å². The maximum atomic E-state index is 12.8. The second-order valence-electron chi connectivity index (χ2n) is 3.61. The first kappa shape index (κ1) is 12.0. The Morgan fingerprint density at radius 3 is 2.87 bits per heavy atom. The number of aliphatic hydroxyl groups excluding tert-OH is 1. The molecule has 0 bridgehead atoms. The van der Waals surface area contributed by atoms with E-state index in [1.54, 1.807) is 12.1 Å². The van der Waals surface area contributed by atoms with Gasteiger partial charge in [-0.05, 0) is 18.6 Å². The van der Waals surface area contributed by atoms with Crippen molar-refractivity contribution in [2.45, 2.75) is 19.8 Å². The summed E-state index contributed by atoms with van der Waals surface area (Å²) in [5.74, 6) is 0.353. The summed E-state index contributed by atoms with van der Waals surface area (Å²) < 4.78 is 18.2. The Morgan fingerprint density at radius 2 is 2.27 bits per heavy atom.